The van der Waals surface area contributed by atoms with Gasteiger partial charge in [0.2, 0.25) is 0 Å². The molecule has 0 aliphatic heterocycles. The molecule has 0 aliphatic carbocycles. The van der Waals surface area contributed by atoms with Crippen LogP contribution in [0.5, 0.6) is 0 Å². The quantitative estimate of drug-likeness (QED) is 0.877. The first-order valence-electron chi connectivity index (χ1n) is 5.75. The van der Waals surface area contributed by atoms with E-state index >= 15 is 0 Å². The zero-order valence-corrected chi connectivity index (χ0v) is 12.4. The number of nitrogens with one attached hydrogen (secondary N) is 1. The second-order valence-corrected chi connectivity index (χ2v) is 6.71. The van der Waals surface area contributed by atoms with Crippen molar-refractivity contribution in [3.05, 3.63) is 54.1 Å². The summed E-state index contributed by atoms with van der Waals surface area (Å²) in [5.41, 5.74) is 1.49. The van der Waals surface area contributed by atoms with Gasteiger partial charge in [-0.25, -0.2) is 8.42 Å². The summed E-state index contributed by atoms with van der Waals surface area (Å²) in [6.45, 7) is 1.87. The van der Waals surface area contributed by atoms with E-state index in [1.165, 1.54) is 0 Å². The number of benzene rings is 2. The average Bonchev–Trinajstić information content (AvgIpc) is 2.39. The third-order valence-electron chi connectivity index (χ3n) is 2.64. The fourth-order valence-electron chi connectivity index (χ4n) is 1.66. The Balaban J connectivity index is 2.25. The van der Waals surface area contributed by atoms with Crippen LogP contribution >= 0.6 is 11.8 Å². The molecular weight excluding hydrogens is 278 g/mol. The Morgan fingerprint density at radius 2 is 1.74 bits per heavy atom. The Morgan fingerprint density at radius 3 is 2.32 bits per heavy atom. The van der Waals surface area contributed by atoms with E-state index in [0.717, 1.165) is 10.5 Å². The molecule has 0 bridgehead atoms. The highest BCUT2D eigenvalue weighted by Gasteiger charge is 2.13. The molecule has 3 nitrogen and oxygen atoms in total. The molecule has 100 valence electrons. The maximum Gasteiger partial charge on any atom is 0.261 e. The van der Waals surface area contributed by atoms with Crippen molar-refractivity contribution in [1.29, 1.82) is 0 Å². The molecule has 0 aliphatic rings. The van der Waals surface area contributed by atoms with Gasteiger partial charge in [-0.3, -0.25) is 4.72 Å². The Hall–Kier alpha value is -1.46. The fourth-order valence-corrected chi connectivity index (χ4v) is 3.23. The largest absolute Gasteiger partial charge is 0.280 e. The molecule has 0 aromatic heterocycles. The van der Waals surface area contributed by atoms with Gasteiger partial charge in [-0.1, -0.05) is 12.1 Å². The lowest BCUT2D eigenvalue weighted by Crippen LogP contribution is -2.12. The molecule has 0 fully saturated rings. The lowest BCUT2D eigenvalue weighted by atomic mass is 10.2. The summed E-state index contributed by atoms with van der Waals surface area (Å²) < 4.78 is 27.0. The normalized spacial score (nSPS) is 11.3. The number of hydrogen-bond acceptors (Lipinski definition) is 3. The first kappa shape index (κ1) is 14.0. The van der Waals surface area contributed by atoms with Crippen LogP contribution < -0.4 is 4.72 Å². The van der Waals surface area contributed by atoms with Gasteiger partial charge in [0.05, 0.1) is 4.90 Å². The van der Waals surface area contributed by atoms with E-state index < -0.39 is 10.0 Å². The lowest BCUT2D eigenvalue weighted by Gasteiger charge is -2.09. The minimum absolute atomic E-state index is 0.279. The number of rotatable bonds is 4. The molecule has 2 aromatic rings. The molecule has 0 spiro atoms. The fraction of sp³-hybridized carbons (Fsp3) is 0.143. The third kappa shape index (κ3) is 3.52. The van der Waals surface area contributed by atoms with E-state index in [1.807, 2.05) is 31.4 Å². The summed E-state index contributed by atoms with van der Waals surface area (Å²) in [6, 6.07) is 14.1. The van der Waals surface area contributed by atoms with Crippen molar-refractivity contribution >= 4 is 27.5 Å². The van der Waals surface area contributed by atoms with Crippen molar-refractivity contribution in [1.82, 2.24) is 0 Å². The monoisotopic (exact) mass is 293 g/mol. The molecule has 5 heteroatoms. The first-order chi connectivity index (χ1) is 9.01. The van der Waals surface area contributed by atoms with Crippen molar-refractivity contribution in [2.24, 2.45) is 0 Å². The van der Waals surface area contributed by atoms with E-state index in [-0.39, 0.29) is 4.90 Å². The van der Waals surface area contributed by atoms with Gasteiger partial charge in [0, 0.05) is 10.6 Å². The number of aryl methyl sites for hydroxylation is 1. The Labute approximate surface area is 118 Å². The summed E-state index contributed by atoms with van der Waals surface area (Å²) in [4.78, 5) is 1.37. The molecule has 19 heavy (non-hydrogen) atoms. The van der Waals surface area contributed by atoms with Gasteiger partial charge in [-0.05, 0) is 55.1 Å². The van der Waals surface area contributed by atoms with Crippen LogP contribution in [0, 0.1) is 6.92 Å². The molecule has 0 amide bonds. The first-order valence-corrected chi connectivity index (χ1v) is 8.45. The van der Waals surface area contributed by atoms with Gasteiger partial charge < -0.3 is 0 Å². The highest BCUT2D eigenvalue weighted by atomic mass is 32.2. The lowest BCUT2D eigenvalue weighted by molar-refractivity contribution is 0.601. The molecule has 0 atom stereocenters. The number of thioether (sulfide) groups is 1. The van der Waals surface area contributed by atoms with Gasteiger partial charge in [-0.2, -0.15) is 0 Å². The minimum Gasteiger partial charge on any atom is -0.280 e. The third-order valence-corrected chi connectivity index (χ3v) is 4.76. The minimum atomic E-state index is -3.51. The number of hydrogen-bond donors (Lipinski definition) is 1. The molecule has 1 N–H and O–H groups in total. The predicted octanol–water partition coefficient (Wildman–Crippen LogP) is 3.52. The van der Waals surface area contributed by atoms with Crippen LogP contribution in [-0.4, -0.2) is 14.7 Å². The number of anilines is 1. The van der Waals surface area contributed by atoms with Crippen LogP contribution in [-0.2, 0) is 10.0 Å². The smallest absolute Gasteiger partial charge is 0.261 e. The van der Waals surface area contributed by atoms with Crippen LogP contribution in [0.15, 0.2) is 58.3 Å². The molecule has 0 saturated carbocycles. The molecule has 0 saturated heterocycles. The Bertz CT molecular complexity index is 664. The van der Waals surface area contributed by atoms with Crippen LogP contribution in [0.4, 0.5) is 5.69 Å². The van der Waals surface area contributed by atoms with Crippen LogP contribution in [0.25, 0.3) is 0 Å². The second-order valence-electron chi connectivity index (χ2n) is 4.15. The van der Waals surface area contributed by atoms with Crippen molar-refractivity contribution in [3.8, 4) is 0 Å². The van der Waals surface area contributed by atoms with Crippen molar-refractivity contribution in [3.63, 3.8) is 0 Å². The maximum absolute atomic E-state index is 12.2. The highest BCUT2D eigenvalue weighted by molar-refractivity contribution is 7.98. The van der Waals surface area contributed by atoms with Crippen molar-refractivity contribution < 1.29 is 8.42 Å². The zero-order chi connectivity index (χ0) is 13.9. The summed E-state index contributed by atoms with van der Waals surface area (Å²) in [6.07, 6.45) is 1.98. The van der Waals surface area contributed by atoms with E-state index in [0.29, 0.717) is 5.69 Å². The van der Waals surface area contributed by atoms with E-state index in [2.05, 4.69) is 4.72 Å². The van der Waals surface area contributed by atoms with Gasteiger partial charge in [-0.15, -0.1) is 11.8 Å². The van der Waals surface area contributed by atoms with Gasteiger partial charge in [0.1, 0.15) is 0 Å². The topological polar surface area (TPSA) is 46.2 Å². The zero-order valence-electron chi connectivity index (χ0n) is 10.8. The summed E-state index contributed by atoms with van der Waals surface area (Å²) in [5.74, 6) is 0. The van der Waals surface area contributed by atoms with Gasteiger partial charge in [0.15, 0.2) is 0 Å². The Morgan fingerprint density at radius 1 is 1.05 bits per heavy atom. The van der Waals surface area contributed by atoms with Crippen LogP contribution in [0.1, 0.15) is 5.56 Å². The highest BCUT2D eigenvalue weighted by Crippen LogP contribution is 2.20. The summed E-state index contributed by atoms with van der Waals surface area (Å²) in [5, 5.41) is 0. The predicted molar refractivity (Wildman–Crippen MR) is 80.2 cm³/mol. The van der Waals surface area contributed by atoms with E-state index in [9.17, 15) is 8.42 Å². The van der Waals surface area contributed by atoms with E-state index in [1.54, 1.807) is 42.1 Å². The number of sulfonamides is 1. The standard InChI is InChI=1S/C14H15NO2S2/c1-11-4-3-5-14(10-11)19(16,17)15-12-6-8-13(18-2)9-7-12/h3-10,15H,1-2H3. The van der Waals surface area contributed by atoms with Crippen molar-refractivity contribution in [2.75, 3.05) is 11.0 Å². The van der Waals surface area contributed by atoms with Gasteiger partial charge >= 0.3 is 0 Å². The van der Waals surface area contributed by atoms with Gasteiger partial charge in [0.25, 0.3) is 10.0 Å². The van der Waals surface area contributed by atoms with E-state index in [4.69, 9.17) is 0 Å². The average molecular weight is 293 g/mol. The Kier molecular flexibility index (Phi) is 4.17. The molecule has 0 radical (unpaired) electrons. The molecule has 2 aromatic carbocycles. The SMILES string of the molecule is CSc1ccc(NS(=O)(=O)c2cccc(C)c2)cc1. The van der Waals surface area contributed by atoms with Crippen LogP contribution in [0.3, 0.4) is 0 Å². The van der Waals surface area contributed by atoms with Crippen LogP contribution in [0.2, 0.25) is 0 Å². The summed E-state index contributed by atoms with van der Waals surface area (Å²) >= 11 is 1.62. The molecular formula is C14H15NO2S2. The second kappa shape index (κ2) is 5.67. The molecule has 0 heterocycles. The molecule has 2 rings (SSSR count). The maximum atomic E-state index is 12.2. The van der Waals surface area contributed by atoms with Crippen molar-refractivity contribution in [2.45, 2.75) is 16.7 Å². The molecule has 0 unspecified atom stereocenters. The summed E-state index contributed by atoms with van der Waals surface area (Å²) in [7, 11) is -3.51.